The van der Waals surface area contributed by atoms with Crippen LogP contribution in [-0.2, 0) is 11.3 Å². The molecule has 0 spiro atoms. The van der Waals surface area contributed by atoms with Crippen LogP contribution < -0.4 is 5.32 Å². The number of amidine groups is 1. The monoisotopic (exact) mass is 339 g/mol. The van der Waals surface area contributed by atoms with E-state index < -0.39 is 0 Å². The molecule has 1 aromatic rings. The van der Waals surface area contributed by atoms with Crippen molar-refractivity contribution in [1.82, 2.24) is 10.2 Å². The van der Waals surface area contributed by atoms with E-state index in [2.05, 4.69) is 34.5 Å². The highest BCUT2D eigenvalue weighted by atomic mass is 16.3. The molecular weight excluding hydrogens is 314 g/mol. The van der Waals surface area contributed by atoms with Crippen LogP contribution in [0.15, 0.2) is 46.5 Å². The van der Waals surface area contributed by atoms with Crippen LogP contribution in [-0.4, -0.2) is 47.0 Å². The molecule has 2 N–H and O–H groups in total. The van der Waals surface area contributed by atoms with Gasteiger partial charge in [0.1, 0.15) is 5.84 Å². The molecule has 2 heterocycles. The van der Waals surface area contributed by atoms with Crippen LogP contribution >= 0.6 is 0 Å². The molecule has 1 fully saturated rings. The number of benzene rings is 1. The van der Waals surface area contributed by atoms with Crippen molar-refractivity contribution in [2.24, 2.45) is 4.99 Å². The zero-order valence-corrected chi connectivity index (χ0v) is 14.4. The lowest BCUT2D eigenvalue weighted by molar-refractivity contribution is -0.116. The number of amides is 1. The minimum absolute atomic E-state index is 0.00147. The van der Waals surface area contributed by atoms with Gasteiger partial charge in [0, 0.05) is 30.8 Å². The highest BCUT2D eigenvalue weighted by Gasteiger charge is 2.34. The molecular formula is C20H25N3O2. The molecule has 1 saturated carbocycles. The molecule has 0 bridgehead atoms. The molecule has 0 radical (unpaired) electrons. The van der Waals surface area contributed by atoms with E-state index in [1.54, 1.807) is 0 Å². The van der Waals surface area contributed by atoms with E-state index in [1.807, 2.05) is 6.07 Å². The van der Waals surface area contributed by atoms with Crippen molar-refractivity contribution in [1.29, 1.82) is 0 Å². The summed E-state index contributed by atoms with van der Waals surface area (Å²) in [6.07, 6.45) is 4.25. The van der Waals surface area contributed by atoms with E-state index in [0.717, 1.165) is 62.9 Å². The van der Waals surface area contributed by atoms with Crippen LogP contribution in [0.2, 0.25) is 0 Å². The molecule has 3 aliphatic rings. The summed E-state index contributed by atoms with van der Waals surface area (Å²) >= 11 is 0. The first-order valence-electron chi connectivity index (χ1n) is 9.26. The van der Waals surface area contributed by atoms with Gasteiger partial charge in [0.2, 0.25) is 0 Å². The number of carbonyl (C=O) groups excluding carboxylic acids is 1. The Hall–Kier alpha value is -1.98. The second-order valence-electron chi connectivity index (χ2n) is 7.25. The van der Waals surface area contributed by atoms with Crippen LogP contribution in [0.1, 0.15) is 37.7 Å². The Bertz CT molecular complexity index is 711. The van der Waals surface area contributed by atoms with Gasteiger partial charge in [0.05, 0.1) is 12.1 Å². The highest BCUT2D eigenvalue weighted by Crippen LogP contribution is 2.27. The number of aliphatic hydroxyl groups excluding tert-OH is 1. The third-order valence-electron chi connectivity index (χ3n) is 5.45. The maximum atomic E-state index is 12.3. The van der Waals surface area contributed by atoms with Gasteiger partial charge in [0.25, 0.3) is 5.91 Å². The van der Waals surface area contributed by atoms with Gasteiger partial charge in [0.15, 0.2) is 0 Å². The molecule has 0 aromatic heterocycles. The summed E-state index contributed by atoms with van der Waals surface area (Å²) < 4.78 is 0. The molecule has 0 saturated heterocycles. The van der Waals surface area contributed by atoms with Crippen molar-refractivity contribution in [3.63, 3.8) is 0 Å². The third kappa shape index (κ3) is 3.53. The van der Waals surface area contributed by atoms with E-state index in [-0.39, 0.29) is 18.1 Å². The topological polar surface area (TPSA) is 64.9 Å². The van der Waals surface area contributed by atoms with Crippen molar-refractivity contribution < 1.29 is 9.90 Å². The first-order chi connectivity index (χ1) is 12.2. The van der Waals surface area contributed by atoms with Crippen LogP contribution in [0.5, 0.6) is 0 Å². The molecule has 5 heteroatoms. The van der Waals surface area contributed by atoms with Gasteiger partial charge in [-0.25, -0.2) is 0 Å². The fraction of sp³-hybridized carbons (Fsp3) is 0.500. The number of hydrogen-bond acceptors (Lipinski definition) is 4. The maximum Gasteiger partial charge on any atom is 0.253 e. The fourth-order valence-corrected chi connectivity index (χ4v) is 4.04. The standard InChI is InChI=1S/C20H25N3O2/c24-18-9-5-4-8-17(18)21-19-16-13-23(11-10-15(16)20(25)22-19)12-14-6-2-1-3-7-14/h1-3,6-7,17-18,24H,4-5,8-13H2,(H,21,22,25)/t17-,18-/m1/s1. The lowest BCUT2D eigenvalue weighted by Gasteiger charge is -2.28. The lowest BCUT2D eigenvalue weighted by Crippen LogP contribution is -2.35. The van der Waals surface area contributed by atoms with E-state index >= 15 is 0 Å². The molecule has 0 unspecified atom stereocenters. The largest absolute Gasteiger partial charge is 0.391 e. The average Bonchev–Trinajstić information content (AvgIpc) is 2.93. The van der Waals surface area contributed by atoms with Crippen molar-refractivity contribution >= 4 is 11.7 Å². The van der Waals surface area contributed by atoms with E-state index in [9.17, 15) is 9.90 Å². The normalized spacial score (nSPS) is 29.0. The maximum absolute atomic E-state index is 12.3. The van der Waals surface area contributed by atoms with Gasteiger partial charge < -0.3 is 10.4 Å². The van der Waals surface area contributed by atoms with Crippen LogP contribution in [0, 0.1) is 0 Å². The van der Waals surface area contributed by atoms with Gasteiger partial charge in [-0.05, 0) is 24.8 Å². The smallest absolute Gasteiger partial charge is 0.253 e. The Morgan fingerprint density at radius 1 is 1.16 bits per heavy atom. The number of rotatable bonds is 3. The number of aliphatic hydroxyl groups is 1. The number of hydrogen-bond donors (Lipinski definition) is 2. The molecule has 1 aliphatic carbocycles. The lowest BCUT2D eigenvalue weighted by atomic mass is 9.93. The third-order valence-corrected chi connectivity index (χ3v) is 5.45. The zero-order valence-electron chi connectivity index (χ0n) is 14.4. The van der Waals surface area contributed by atoms with Gasteiger partial charge in [-0.2, -0.15) is 0 Å². The second kappa shape index (κ2) is 7.10. The second-order valence-corrected chi connectivity index (χ2v) is 7.25. The SMILES string of the molecule is O=C1NC(=N[C@@H]2CCCC[C@H]2O)C2=C1CCN(Cc1ccccc1)C2. The molecule has 1 aromatic carbocycles. The predicted molar refractivity (Wildman–Crippen MR) is 97.2 cm³/mol. The molecule has 132 valence electrons. The molecule has 2 atom stereocenters. The predicted octanol–water partition coefficient (Wildman–Crippen LogP) is 2.02. The van der Waals surface area contributed by atoms with E-state index in [4.69, 9.17) is 4.99 Å². The van der Waals surface area contributed by atoms with Crippen molar-refractivity contribution in [3.05, 3.63) is 47.0 Å². The summed E-state index contributed by atoms with van der Waals surface area (Å²) in [5, 5.41) is 13.1. The summed E-state index contributed by atoms with van der Waals surface area (Å²) in [5.41, 5.74) is 3.20. The summed E-state index contributed by atoms with van der Waals surface area (Å²) in [5.74, 6) is 0.696. The molecule has 1 amide bonds. The van der Waals surface area contributed by atoms with Crippen molar-refractivity contribution in [3.8, 4) is 0 Å². The van der Waals surface area contributed by atoms with Crippen LogP contribution in [0.4, 0.5) is 0 Å². The molecule has 4 rings (SSSR count). The highest BCUT2D eigenvalue weighted by molar-refractivity contribution is 6.22. The minimum atomic E-state index is -0.383. The number of nitrogens with one attached hydrogen (secondary N) is 1. The average molecular weight is 339 g/mol. The van der Waals surface area contributed by atoms with Crippen molar-refractivity contribution in [2.75, 3.05) is 13.1 Å². The van der Waals surface area contributed by atoms with Gasteiger partial charge in [-0.3, -0.25) is 14.7 Å². The summed E-state index contributed by atoms with van der Waals surface area (Å²) in [7, 11) is 0. The van der Waals surface area contributed by atoms with E-state index in [1.165, 1.54) is 5.56 Å². The van der Waals surface area contributed by atoms with Crippen LogP contribution in [0.25, 0.3) is 0 Å². The van der Waals surface area contributed by atoms with Crippen molar-refractivity contribution in [2.45, 2.75) is 50.8 Å². The number of carbonyl (C=O) groups is 1. The molecule has 2 aliphatic heterocycles. The summed E-state index contributed by atoms with van der Waals surface area (Å²) in [4.78, 5) is 19.4. The Balaban J connectivity index is 1.51. The zero-order chi connectivity index (χ0) is 17.2. The number of aliphatic imine (C=N–C) groups is 1. The Morgan fingerprint density at radius 2 is 1.96 bits per heavy atom. The quantitative estimate of drug-likeness (QED) is 0.885. The Labute approximate surface area is 148 Å². The Morgan fingerprint density at radius 3 is 2.76 bits per heavy atom. The summed E-state index contributed by atoms with van der Waals surface area (Å²) in [6, 6.07) is 10.3. The van der Waals surface area contributed by atoms with Gasteiger partial charge >= 0.3 is 0 Å². The van der Waals surface area contributed by atoms with E-state index in [0.29, 0.717) is 5.84 Å². The van der Waals surface area contributed by atoms with Gasteiger partial charge in [-0.1, -0.05) is 43.2 Å². The minimum Gasteiger partial charge on any atom is -0.391 e. The number of nitrogens with zero attached hydrogens (tertiary/aromatic N) is 2. The van der Waals surface area contributed by atoms with Crippen LogP contribution in [0.3, 0.4) is 0 Å². The van der Waals surface area contributed by atoms with Gasteiger partial charge in [-0.15, -0.1) is 0 Å². The first kappa shape index (κ1) is 16.5. The first-order valence-corrected chi connectivity index (χ1v) is 9.26. The molecule has 25 heavy (non-hydrogen) atoms. The Kier molecular flexibility index (Phi) is 4.68. The summed E-state index contributed by atoms with van der Waals surface area (Å²) in [6.45, 7) is 2.51. The fourth-order valence-electron chi connectivity index (χ4n) is 4.04. The molecule has 5 nitrogen and oxygen atoms in total.